The number of hydrogen-bond acceptors (Lipinski definition) is 3. The van der Waals surface area contributed by atoms with Gasteiger partial charge in [0.1, 0.15) is 5.82 Å². The summed E-state index contributed by atoms with van der Waals surface area (Å²) < 4.78 is 14.6. The average Bonchev–Trinajstić information content (AvgIpc) is 2.68. The van der Waals surface area contributed by atoms with Crippen LogP contribution in [-0.2, 0) is 0 Å². The van der Waals surface area contributed by atoms with E-state index >= 15 is 0 Å². The Balaban J connectivity index is 0.00000162. The van der Waals surface area contributed by atoms with Crippen LogP contribution in [0.1, 0.15) is 5.69 Å². The number of aryl methyl sites for hydroxylation is 1. The van der Waals surface area contributed by atoms with Crippen molar-refractivity contribution < 1.29 is 4.39 Å². The van der Waals surface area contributed by atoms with Gasteiger partial charge >= 0.3 is 0 Å². The molecule has 2 aromatic heterocycles. The highest BCUT2D eigenvalue weighted by molar-refractivity contribution is 5.85. The standard InChI is InChI=1S/C12H11FN4.ClH/c1-3-4-15-12-8-17(16-9(12)2)11-5-10(13)6-14-7-11;/h1,5-8,15H,4H2,2H3;1H. The minimum Gasteiger partial charge on any atom is -0.371 e. The first-order valence-electron chi connectivity index (χ1n) is 5.05. The van der Waals surface area contributed by atoms with Crippen LogP contribution in [0, 0.1) is 25.1 Å². The summed E-state index contributed by atoms with van der Waals surface area (Å²) in [5, 5.41) is 7.29. The number of pyridine rings is 1. The fraction of sp³-hybridized carbons (Fsp3) is 0.167. The summed E-state index contributed by atoms with van der Waals surface area (Å²) in [5.41, 5.74) is 2.19. The van der Waals surface area contributed by atoms with E-state index in [2.05, 4.69) is 21.3 Å². The lowest BCUT2D eigenvalue weighted by atomic mass is 10.4. The Morgan fingerprint density at radius 3 is 2.94 bits per heavy atom. The molecule has 94 valence electrons. The zero-order valence-electron chi connectivity index (χ0n) is 9.72. The number of terminal acetylenes is 1. The van der Waals surface area contributed by atoms with Gasteiger partial charge in [0.15, 0.2) is 0 Å². The highest BCUT2D eigenvalue weighted by atomic mass is 35.5. The maximum atomic E-state index is 13.0. The van der Waals surface area contributed by atoms with Gasteiger partial charge in [-0.05, 0) is 6.92 Å². The van der Waals surface area contributed by atoms with Crippen molar-refractivity contribution in [1.82, 2.24) is 14.8 Å². The highest BCUT2D eigenvalue weighted by Gasteiger charge is 2.06. The second-order valence-corrected chi connectivity index (χ2v) is 3.49. The molecule has 2 rings (SSSR count). The van der Waals surface area contributed by atoms with E-state index in [4.69, 9.17) is 6.42 Å². The van der Waals surface area contributed by atoms with Crippen LogP contribution in [0.3, 0.4) is 0 Å². The van der Waals surface area contributed by atoms with Gasteiger partial charge in [0.05, 0.1) is 42.2 Å². The van der Waals surface area contributed by atoms with E-state index in [0.29, 0.717) is 12.2 Å². The molecule has 2 heterocycles. The maximum absolute atomic E-state index is 13.0. The third-order valence-corrected chi connectivity index (χ3v) is 2.23. The van der Waals surface area contributed by atoms with E-state index in [1.165, 1.54) is 6.07 Å². The summed E-state index contributed by atoms with van der Waals surface area (Å²) in [5.74, 6) is 2.09. The first-order valence-corrected chi connectivity index (χ1v) is 5.05. The predicted molar refractivity (Wildman–Crippen MR) is 70.6 cm³/mol. The van der Waals surface area contributed by atoms with Crippen LogP contribution in [0.25, 0.3) is 5.69 Å². The Morgan fingerprint density at radius 2 is 2.28 bits per heavy atom. The Hall–Kier alpha value is -2.06. The van der Waals surface area contributed by atoms with Gasteiger partial charge in [-0.2, -0.15) is 5.10 Å². The van der Waals surface area contributed by atoms with Crippen molar-refractivity contribution in [3.8, 4) is 18.0 Å². The molecule has 0 saturated carbocycles. The van der Waals surface area contributed by atoms with Gasteiger partial charge in [-0.25, -0.2) is 9.07 Å². The Labute approximate surface area is 111 Å². The molecule has 6 heteroatoms. The number of aromatic nitrogens is 3. The highest BCUT2D eigenvalue weighted by Crippen LogP contribution is 2.16. The zero-order valence-corrected chi connectivity index (χ0v) is 10.5. The summed E-state index contributed by atoms with van der Waals surface area (Å²) in [4.78, 5) is 3.77. The number of rotatable bonds is 3. The minimum atomic E-state index is -0.395. The molecule has 0 aromatic carbocycles. The summed E-state index contributed by atoms with van der Waals surface area (Å²) in [6.45, 7) is 2.27. The van der Waals surface area contributed by atoms with Gasteiger partial charge in [0.2, 0.25) is 0 Å². The largest absolute Gasteiger partial charge is 0.371 e. The van der Waals surface area contributed by atoms with Gasteiger partial charge in [-0.15, -0.1) is 18.8 Å². The van der Waals surface area contributed by atoms with E-state index in [-0.39, 0.29) is 12.4 Å². The summed E-state index contributed by atoms with van der Waals surface area (Å²) >= 11 is 0. The molecule has 0 aliphatic carbocycles. The minimum absolute atomic E-state index is 0. The van der Waals surface area contributed by atoms with Gasteiger partial charge in [-0.3, -0.25) is 4.98 Å². The van der Waals surface area contributed by atoms with Gasteiger partial charge in [0.25, 0.3) is 0 Å². The van der Waals surface area contributed by atoms with Crippen molar-refractivity contribution in [1.29, 1.82) is 0 Å². The lowest BCUT2D eigenvalue weighted by molar-refractivity contribution is 0.618. The van der Waals surface area contributed by atoms with Crippen molar-refractivity contribution in [2.24, 2.45) is 0 Å². The summed E-state index contributed by atoms with van der Waals surface area (Å²) in [6, 6.07) is 1.37. The number of anilines is 1. The molecule has 1 N–H and O–H groups in total. The van der Waals surface area contributed by atoms with E-state index in [9.17, 15) is 4.39 Å². The third kappa shape index (κ3) is 2.99. The van der Waals surface area contributed by atoms with E-state index in [1.54, 1.807) is 17.1 Å². The first-order chi connectivity index (χ1) is 8.20. The molecule has 0 aliphatic rings. The topological polar surface area (TPSA) is 42.7 Å². The Bertz CT molecular complexity index is 574. The fourth-order valence-corrected chi connectivity index (χ4v) is 1.44. The SMILES string of the molecule is C#CCNc1cn(-c2cncc(F)c2)nc1C.Cl. The predicted octanol–water partition coefficient (Wildman–Crippen LogP) is 2.18. The molecule has 0 aliphatic heterocycles. The molecular formula is C12H12ClFN4. The van der Waals surface area contributed by atoms with Gasteiger partial charge in [0, 0.05) is 6.07 Å². The normalized spacial score (nSPS) is 9.39. The van der Waals surface area contributed by atoms with Crippen LogP contribution in [0.2, 0.25) is 0 Å². The summed E-state index contributed by atoms with van der Waals surface area (Å²) in [7, 11) is 0. The molecule has 2 aromatic rings. The molecule has 0 bridgehead atoms. The zero-order chi connectivity index (χ0) is 12.3. The number of halogens is 2. The third-order valence-electron chi connectivity index (χ3n) is 2.23. The molecule has 18 heavy (non-hydrogen) atoms. The molecule has 4 nitrogen and oxygen atoms in total. The van der Waals surface area contributed by atoms with Crippen LogP contribution in [0.4, 0.5) is 10.1 Å². The van der Waals surface area contributed by atoms with Gasteiger partial charge in [-0.1, -0.05) is 5.92 Å². The molecule has 0 saturated heterocycles. The molecule has 0 spiro atoms. The molecule has 0 radical (unpaired) electrons. The Morgan fingerprint density at radius 1 is 1.50 bits per heavy atom. The molecule has 0 amide bonds. The van der Waals surface area contributed by atoms with Crippen LogP contribution >= 0.6 is 12.4 Å². The van der Waals surface area contributed by atoms with E-state index < -0.39 is 5.82 Å². The lowest BCUT2D eigenvalue weighted by Gasteiger charge is -1.99. The van der Waals surface area contributed by atoms with Crippen LogP contribution in [0.5, 0.6) is 0 Å². The van der Waals surface area contributed by atoms with Crippen LogP contribution in [-0.4, -0.2) is 21.3 Å². The number of hydrogen-bond donors (Lipinski definition) is 1. The first kappa shape index (κ1) is 14.0. The van der Waals surface area contributed by atoms with Crippen molar-refractivity contribution in [3.63, 3.8) is 0 Å². The molecular weight excluding hydrogens is 255 g/mol. The second-order valence-electron chi connectivity index (χ2n) is 3.49. The second kappa shape index (κ2) is 6.03. The maximum Gasteiger partial charge on any atom is 0.143 e. The average molecular weight is 267 g/mol. The quantitative estimate of drug-likeness (QED) is 0.866. The Kier molecular flexibility index (Phi) is 4.69. The molecule has 0 unspecified atom stereocenters. The van der Waals surface area contributed by atoms with Crippen LogP contribution in [0.15, 0.2) is 24.7 Å². The van der Waals surface area contributed by atoms with E-state index in [1.807, 2.05) is 6.92 Å². The molecule has 0 atom stereocenters. The summed E-state index contributed by atoms with van der Waals surface area (Å²) in [6.07, 6.45) is 9.61. The van der Waals surface area contributed by atoms with Gasteiger partial charge < -0.3 is 5.32 Å². The van der Waals surface area contributed by atoms with Crippen LogP contribution < -0.4 is 5.32 Å². The van der Waals surface area contributed by atoms with Crippen molar-refractivity contribution in [3.05, 3.63) is 36.2 Å². The number of nitrogens with zero attached hydrogens (tertiary/aromatic N) is 3. The van der Waals surface area contributed by atoms with Crippen molar-refractivity contribution >= 4 is 18.1 Å². The number of nitrogens with one attached hydrogen (secondary N) is 1. The molecule has 0 fully saturated rings. The van der Waals surface area contributed by atoms with Crippen molar-refractivity contribution in [2.45, 2.75) is 6.92 Å². The monoisotopic (exact) mass is 266 g/mol. The van der Waals surface area contributed by atoms with Crippen molar-refractivity contribution in [2.75, 3.05) is 11.9 Å². The fourth-order valence-electron chi connectivity index (χ4n) is 1.44. The lowest BCUT2D eigenvalue weighted by Crippen LogP contribution is -1.98. The smallest absolute Gasteiger partial charge is 0.143 e. The van der Waals surface area contributed by atoms with E-state index in [0.717, 1.165) is 17.6 Å².